The van der Waals surface area contributed by atoms with Crippen LogP contribution in [0.2, 0.25) is 0 Å². The molecule has 0 bridgehead atoms. The van der Waals surface area contributed by atoms with Gasteiger partial charge in [0.25, 0.3) is 5.91 Å². The normalized spacial score (nSPS) is 26.2. The van der Waals surface area contributed by atoms with E-state index < -0.39 is 0 Å². The Bertz CT molecular complexity index is 916. The molecule has 3 heteroatoms. The van der Waals surface area contributed by atoms with Gasteiger partial charge in [0.15, 0.2) is 0 Å². The van der Waals surface area contributed by atoms with Gasteiger partial charge in [-0.3, -0.25) is 9.79 Å². The first-order chi connectivity index (χ1) is 12.7. The number of carbonyl (C=O) groups excluding carboxylic acids is 1. The monoisotopic (exact) mass is 344 g/mol. The van der Waals surface area contributed by atoms with Crippen LogP contribution in [0.5, 0.6) is 0 Å². The van der Waals surface area contributed by atoms with Crippen LogP contribution in [0, 0.1) is 0 Å². The van der Waals surface area contributed by atoms with E-state index in [0.29, 0.717) is 0 Å². The van der Waals surface area contributed by atoms with Gasteiger partial charge in [0, 0.05) is 36.2 Å². The lowest BCUT2D eigenvalue weighted by Crippen LogP contribution is -2.57. The molecule has 2 aromatic rings. The number of aliphatic imine (C=N–C) groups is 1. The molecule has 5 rings (SSSR count). The summed E-state index contributed by atoms with van der Waals surface area (Å²) in [4.78, 5) is 20.0. The smallest absolute Gasteiger partial charge is 0.254 e. The molecule has 1 amide bonds. The van der Waals surface area contributed by atoms with Crippen LogP contribution in [0.15, 0.2) is 47.5 Å². The second-order valence-electron chi connectivity index (χ2n) is 8.09. The lowest BCUT2D eigenvalue weighted by molar-refractivity contribution is 0.0390. The van der Waals surface area contributed by atoms with Gasteiger partial charge >= 0.3 is 0 Å². The van der Waals surface area contributed by atoms with Gasteiger partial charge in [-0.1, -0.05) is 37.3 Å². The van der Waals surface area contributed by atoms with Crippen molar-refractivity contribution in [3.8, 4) is 0 Å². The standard InChI is InChI=1S/C23H24N2O/c1-23-12-4-14-25(21(23)10-9-16-5-2-3-6-19(16)23)22(26)18-8-7-17-11-13-24-20(17)15-18/h2-3,5-8,13,15,21H,4,9-12,14H2,1H3/t21-,23-/m1/s1. The number of aryl methyl sites for hydroxylation is 1. The van der Waals surface area contributed by atoms with Crippen molar-refractivity contribution in [3.05, 3.63) is 64.7 Å². The van der Waals surface area contributed by atoms with Crippen molar-refractivity contribution >= 4 is 17.8 Å². The van der Waals surface area contributed by atoms with Crippen LogP contribution in [-0.2, 0) is 18.3 Å². The highest BCUT2D eigenvalue weighted by molar-refractivity contribution is 5.96. The predicted molar refractivity (Wildman–Crippen MR) is 104 cm³/mol. The Hall–Kier alpha value is -2.42. The third kappa shape index (κ3) is 2.26. The summed E-state index contributed by atoms with van der Waals surface area (Å²) in [6.07, 6.45) is 7.15. The summed E-state index contributed by atoms with van der Waals surface area (Å²) in [6.45, 7) is 3.23. The van der Waals surface area contributed by atoms with E-state index in [2.05, 4.69) is 47.1 Å². The van der Waals surface area contributed by atoms with Crippen molar-refractivity contribution < 1.29 is 4.79 Å². The van der Waals surface area contributed by atoms with Gasteiger partial charge in [-0.15, -0.1) is 0 Å². The summed E-state index contributed by atoms with van der Waals surface area (Å²) in [5, 5.41) is 0. The van der Waals surface area contributed by atoms with Gasteiger partial charge in [-0.05, 0) is 54.5 Å². The van der Waals surface area contributed by atoms with Crippen molar-refractivity contribution in [2.45, 2.75) is 50.5 Å². The minimum atomic E-state index is 0.0671. The van der Waals surface area contributed by atoms with Crippen LogP contribution in [-0.4, -0.2) is 29.6 Å². The van der Waals surface area contributed by atoms with Crippen molar-refractivity contribution in [1.29, 1.82) is 0 Å². The van der Waals surface area contributed by atoms with Gasteiger partial charge in [-0.2, -0.15) is 0 Å². The number of benzene rings is 2. The second-order valence-corrected chi connectivity index (χ2v) is 8.09. The van der Waals surface area contributed by atoms with Gasteiger partial charge in [0.05, 0.1) is 5.69 Å². The zero-order chi connectivity index (χ0) is 17.7. The molecular formula is C23H24N2O. The molecule has 3 nitrogen and oxygen atoms in total. The van der Waals surface area contributed by atoms with Gasteiger partial charge in [-0.25, -0.2) is 0 Å². The van der Waals surface area contributed by atoms with Crippen LogP contribution < -0.4 is 0 Å². The average molecular weight is 344 g/mol. The molecule has 2 aromatic carbocycles. The third-order valence-corrected chi connectivity index (χ3v) is 6.66. The summed E-state index contributed by atoms with van der Waals surface area (Å²) < 4.78 is 0. The number of likely N-dealkylation sites (tertiary alicyclic amines) is 1. The molecule has 2 heterocycles. The van der Waals surface area contributed by atoms with E-state index in [0.717, 1.165) is 49.9 Å². The molecule has 0 radical (unpaired) electrons. The van der Waals surface area contributed by atoms with Crippen LogP contribution in [0.25, 0.3) is 0 Å². The van der Waals surface area contributed by atoms with Crippen LogP contribution in [0.3, 0.4) is 0 Å². The molecule has 0 saturated carbocycles. The number of amides is 1. The summed E-state index contributed by atoms with van der Waals surface area (Å²) in [7, 11) is 0. The minimum Gasteiger partial charge on any atom is -0.335 e. The molecule has 1 aliphatic carbocycles. The van der Waals surface area contributed by atoms with Crippen molar-refractivity contribution in [2.75, 3.05) is 6.54 Å². The Morgan fingerprint density at radius 2 is 2.08 bits per heavy atom. The zero-order valence-electron chi connectivity index (χ0n) is 15.2. The van der Waals surface area contributed by atoms with Gasteiger partial charge in [0.2, 0.25) is 0 Å². The fourth-order valence-electron chi connectivity index (χ4n) is 5.30. The highest BCUT2D eigenvalue weighted by Gasteiger charge is 2.46. The first-order valence-electron chi connectivity index (χ1n) is 9.72. The first kappa shape index (κ1) is 15.8. The Kier molecular flexibility index (Phi) is 3.53. The van der Waals surface area contributed by atoms with Crippen LogP contribution >= 0.6 is 0 Å². The fourth-order valence-corrected chi connectivity index (χ4v) is 5.30. The van der Waals surface area contributed by atoms with Crippen molar-refractivity contribution in [3.63, 3.8) is 0 Å². The topological polar surface area (TPSA) is 32.7 Å². The molecule has 2 aliphatic heterocycles. The molecule has 26 heavy (non-hydrogen) atoms. The SMILES string of the molecule is C[C@]12CCCN(C(=O)c3ccc4c(c3)N=CC4)[C@@H]1CCc1ccccc12. The summed E-state index contributed by atoms with van der Waals surface area (Å²) in [5.74, 6) is 0.171. The van der Waals surface area contributed by atoms with E-state index in [1.165, 1.54) is 16.7 Å². The fraction of sp³-hybridized carbons (Fsp3) is 0.391. The van der Waals surface area contributed by atoms with Crippen molar-refractivity contribution in [1.82, 2.24) is 4.90 Å². The summed E-state index contributed by atoms with van der Waals surface area (Å²) in [5.41, 5.74) is 5.95. The molecule has 3 aliphatic rings. The Balaban J connectivity index is 1.50. The summed E-state index contributed by atoms with van der Waals surface area (Å²) >= 11 is 0. The van der Waals surface area contributed by atoms with Crippen molar-refractivity contribution in [2.24, 2.45) is 4.99 Å². The number of hydrogen-bond acceptors (Lipinski definition) is 2. The van der Waals surface area contributed by atoms with Crippen LogP contribution in [0.4, 0.5) is 5.69 Å². The van der Waals surface area contributed by atoms with Gasteiger partial charge < -0.3 is 4.90 Å². The second kappa shape index (κ2) is 5.80. The molecule has 1 fully saturated rings. The van der Waals surface area contributed by atoms with Crippen LogP contribution in [0.1, 0.15) is 53.2 Å². The average Bonchev–Trinajstić information content (AvgIpc) is 3.14. The maximum atomic E-state index is 13.4. The lowest BCUT2D eigenvalue weighted by Gasteiger charge is -2.52. The maximum Gasteiger partial charge on any atom is 0.254 e. The maximum absolute atomic E-state index is 13.4. The van der Waals surface area contributed by atoms with E-state index >= 15 is 0 Å². The van der Waals surface area contributed by atoms with E-state index in [1.54, 1.807) is 0 Å². The Morgan fingerprint density at radius 1 is 1.19 bits per heavy atom. The molecule has 2 atom stereocenters. The molecule has 0 N–H and O–H groups in total. The largest absolute Gasteiger partial charge is 0.335 e. The highest BCUT2D eigenvalue weighted by atomic mass is 16.2. The Morgan fingerprint density at radius 3 is 3.00 bits per heavy atom. The molecule has 132 valence electrons. The van der Waals surface area contributed by atoms with Gasteiger partial charge in [0.1, 0.15) is 0 Å². The molecule has 0 unspecified atom stereocenters. The molecule has 0 aromatic heterocycles. The predicted octanol–water partition coefficient (Wildman–Crippen LogP) is 4.45. The number of hydrogen-bond donors (Lipinski definition) is 0. The minimum absolute atomic E-state index is 0.0671. The Labute approximate surface area is 154 Å². The lowest BCUT2D eigenvalue weighted by atomic mass is 9.63. The highest BCUT2D eigenvalue weighted by Crippen LogP contribution is 2.46. The molecular weight excluding hydrogens is 320 g/mol. The van der Waals surface area contributed by atoms with E-state index in [1.807, 2.05) is 18.3 Å². The third-order valence-electron chi connectivity index (χ3n) is 6.66. The summed E-state index contributed by atoms with van der Waals surface area (Å²) in [6, 6.07) is 15.1. The van der Waals surface area contributed by atoms with E-state index in [-0.39, 0.29) is 17.4 Å². The number of rotatable bonds is 1. The quantitative estimate of drug-likeness (QED) is 0.752. The molecule has 0 spiro atoms. The molecule has 1 saturated heterocycles. The number of fused-ring (bicyclic) bond motifs is 4. The number of nitrogens with zero attached hydrogens (tertiary/aromatic N) is 2. The zero-order valence-corrected chi connectivity index (χ0v) is 15.2. The number of piperidine rings is 1. The van der Waals surface area contributed by atoms with E-state index in [9.17, 15) is 4.79 Å². The first-order valence-corrected chi connectivity index (χ1v) is 9.72. The number of carbonyl (C=O) groups is 1. The van der Waals surface area contributed by atoms with E-state index in [4.69, 9.17) is 0 Å².